The predicted molar refractivity (Wildman–Crippen MR) is 75.4 cm³/mol. The molecule has 2 N–H and O–H groups in total. The van der Waals surface area contributed by atoms with Crippen molar-refractivity contribution in [2.24, 2.45) is 0 Å². The summed E-state index contributed by atoms with van der Waals surface area (Å²) in [5.41, 5.74) is 0. The molecule has 114 valence electrons. The first-order valence-electron chi connectivity index (χ1n) is 8.07. The Morgan fingerprint density at radius 3 is 2.60 bits per heavy atom. The van der Waals surface area contributed by atoms with Gasteiger partial charge in [-0.05, 0) is 51.5 Å². The molecule has 5 nitrogen and oxygen atoms in total. The van der Waals surface area contributed by atoms with Gasteiger partial charge in [-0.15, -0.1) is 0 Å². The second-order valence-electron chi connectivity index (χ2n) is 6.35. The molecule has 3 atom stereocenters. The highest BCUT2D eigenvalue weighted by Crippen LogP contribution is 2.26. The summed E-state index contributed by atoms with van der Waals surface area (Å²) in [5.74, 6) is 0.125. The largest absolute Gasteiger partial charge is 0.391 e. The van der Waals surface area contributed by atoms with Gasteiger partial charge in [0.15, 0.2) is 0 Å². The number of likely N-dealkylation sites (tertiary alicyclic amines) is 1. The van der Waals surface area contributed by atoms with E-state index in [1.54, 1.807) is 0 Å². The normalized spacial score (nSPS) is 36.4. The first kappa shape index (κ1) is 14.3. The van der Waals surface area contributed by atoms with Gasteiger partial charge in [-0.25, -0.2) is 0 Å². The molecule has 0 unspecified atom stereocenters. The summed E-state index contributed by atoms with van der Waals surface area (Å²) in [4.78, 5) is 14.9. The lowest BCUT2D eigenvalue weighted by Crippen LogP contribution is -2.52. The molecule has 5 heteroatoms. The molecule has 3 fully saturated rings. The Kier molecular flexibility index (Phi) is 4.58. The van der Waals surface area contributed by atoms with E-state index in [0.717, 1.165) is 64.7 Å². The topological polar surface area (TPSA) is 61.8 Å². The van der Waals surface area contributed by atoms with E-state index in [9.17, 15) is 9.90 Å². The van der Waals surface area contributed by atoms with Gasteiger partial charge in [0.2, 0.25) is 5.91 Å². The molecule has 0 aromatic carbocycles. The number of nitrogens with one attached hydrogen (secondary N) is 1. The Morgan fingerprint density at radius 1 is 1.10 bits per heavy atom. The summed E-state index contributed by atoms with van der Waals surface area (Å²) in [6.07, 6.45) is 6.52. The lowest BCUT2D eigenvalue weighted by Gasteiger charge is -2.35. The lowest BCUT2D eigenvalue weighted by molar-refractivity contribution is -0.128. The average molecular weight is 282 g/mol. The third-order valence-corrected chi connectivity index (χ3v) is 5.06. The van der Waals surface area contributed by atoms with Crippen molar-refractivity contribution < 1.29 is 14.6 Å². The van der Waals surface area contributed by atoms with Crippen LogP contribution in [0, 0.1) is 0 Å². The molecule has 1 saturated carbocycles. The molecule has 0 bridgehead atoms. The van der Waals surface area contributed by atoms with Crippen LogP contribution < -0.4 is 5.32 Å². The van der Waals surface area contributed by atoms with Crippen LogP contribution in [0.2, 0.25) is 0 Å². The number of amides is 1. The fraction of sp³-hybridized carbons (Fsp3) is 0.933. The Morgan fingerprint density at radius 2 is 1.90 bits per heavy atom. The van der Waals surface area contributed by atoms with Crippen LogP contribution in [0.15, 0.2) is 0 Å². The molecular formula is C15H26N2O3. The SMILES string of the molecule is O=C(N[C@@H]1CCC[C@H]1O)[C@@H]1CCCN1C1CCOCC1. The van der Waals surface area contributed by atoms with E-state index in [4.69, 9.17) is 4.74 Å². The van der Waals surface area contributed by atoms with Crippen molar-refractivity contribution in [1.29, 1.82) is 0 Å². The molecule has 2 heterocycles. The lowest BCUT2D eigenvalue weighted by atomic mass is 10.1. The number of hydrogen-bond donors (Lipinski definition) is 2. The van der Waals surface area contributed by atoms with Gasteiger partial charge >= 0.3 is 0 Å². The number of ether oxygens (including phenoxy) is 1. The van der Waals surface area contributed by atoms with Crippen LogP contribution in [-0.4, -0.2) is 59.9 Å². The zero-order valence-electron chi connectivity index (χ0n) is 12.1. The maximum absolute atomic E-state index is 12.5. The van der Waals surface area contributed by atoms with Crippen molar-refractivity contribution in [1.82, 2.24) is 10.2 Å². The number of aliphatic hydroxyl groups excluding tert-OH is 1. The molecule has 1 amide bonds. The summed E-state index contributed by atoms with van der Waals surface area (Å²) in [6, 6.07) is 0.473. The fourth-order valence-corrected chi connectivity index (χ4v) is 3.91. The average Bonchev–Trinajstić information content (AvgIpc) is 3.09. The van der Waals surface area contributed by atoms with Gasteiger partial charge in [0.1, 0.15) is 0 Å². The molecule has 3 rings (SSSR count). The van der Waals surface area contributed by atoms with Crippen LogP contribution in [0.5, 0.6) is 0 Å². The first-order valence-corrected chi connectivity index (χ1v) is 8.07. The summed E-state index contributed by atoms with van der Waals surface area (Å²) in [7, 11) is 0. The Labute approximate surface area is 120 Å². The number of carbonyl (C=O) groups excluding carboxylic acids is 1. The van der Waals surface area contributed by atoms with E-state index in [1.807, 2.05) is 0 Å². The Hall–Kier alpha value is -0.650. The van der Waals surface area contributed by atoms with Gasteiger partial charge in [0.05, 0.1) is 18.2 Å². The minimum absolute atomic E-state index is 0.00546. The van der Waals surface area contributed by atoms with Crippen LogP contribution in [0.1, 0.15) is 44.9 Å². The molecule has 3 aliphatic rings. The quantitative estimate of drug-likeness (QED) is 0.798. The van der Waals surface area contributed by atoms with Gasteiger partial charge in [-0.3, -0.25) is 9.69 Å². The third kappa shape index (κ3) is 3.00. The first-order chi connectivity index (χ1) is 9.75. The minimum Gasteiger partial charge on any atom is -0.391 e. The minimum atomic E-state index is -0.350. The number of aliphatic hydroxyl groups is 1. The Bertz CT molecular complexity index is 344. The molecule has 0 aromatic rings. The third-order valence-electron chi connectivity index (χ3n) is 5.06. The smallest absolute Gasteiger partial charge is 0.237 e. The molecule has 0 spiro atoms. The van der Waals surface area contributed by atoms with E-state index in [1.165, 1.54) is 0 Å². The molecule has 0 radical (unpaired) electrons. The van der Waals surface area contributed by atoms with Crippen LogP contribution in [0.3, 0.4) is 0 Å². The summed E-state index contributed by atoms with van der Waals surface area (Å²) < 4.78 is 5.42. The summed E-state index contributed by atoms with van der Waals surface area (Å²) in [6.45, 7) is 2.66. The highest BCUT2D eigenvalue weighted by atomic mass is 16.5. The summed E-state index contributed by atoms with van der Waals surface area (Å²) >= 11 is 0. The molecule has 1 aliphatic carbocycles. The second-order valence-corrected chi connectivity index (χ2v) is 6.35. The molecule has 2 aliphatic heterocycles. The molecule has 20 heavy (non-hydrogen) atoms. The fourth-order valence-electron chi connectivity index (χ4n) is 3.91. The van der Waals surface area contributed by atoms with Crippen LogP contribution in [0.25, 0.3) is 0 Å². The van der Waals surface area contributed by atoms with E-state index in [0.29, 0.717) is 6.04 Å². The van der Waals surface area contributed by atoms with Crippen molar-refractivity contribution in [3.05, 3.63) is 0 Å². The number of carbonyl (C=O) groups is 1. The van der Waals surface area contributed by atoms with Crippen LogP contribution in [-0.2, 0) is 9.53 Å². The highest BCUT2D eigenvalue weighted by Gasteiger charge is 2.37. The van der Waals surface area contributed by atoms with Crippen LogP contribution in [0.4, 0.5) is 0 Å². The number of nitrogens with zero attached hydrogens (tertiary/aromatic N) is 1. The van der Waals surface area contributed by atoms with Crippen molar-refractivity contribution in [2.75, 3.05) is 19.8 Å². The Balaban J connectivity index is 1.58. The van der Waals surface area contributed by atoms with Gasteiger partial charge < -0.3 is 15.2 Å². The number of hydrogen-bond acceptors (Lipinski definition) is 4. The van der Waals surface area contributed by atoms with Crippen molar-refractivity contribution >= 4 is 5.91 Å². The molecule has 0 aromatic heterocycles. The molecule has 2 saturated heterocycles. The van der Waals surface area contributed by atoms with Crippen molar-refractivity contribution in [2.45, 2.75) is 69.2 Å². The predicted octanol–water partition coefficient (Wildman–Crippen LogP) is 0.659. The maximum Gasteiger partial charge on any atom is 0.237 e. The van der Waals surface area contributed by atoms with E-state index in [2.05, 4.69) is 10.2 Å². The van der Waals surface area contributed by atoms with Gasteiger partial charge in [0.25, 0.3) is 0 Å². The summed E-state index contributed by atoms with van der Waals surface area (Å²) in [5, 5.41) is 12.9. The van der Waals surface area contributed by atoms with Gasteiger partial charge in [-0.2, -0.15) is 0 Å². The maximum atomic E-state index is 12.5. The van der Waals surface area contributed by atoms with E-state index < -0.39 is 0 Å². The standard InChI is InChI=1S/C15H26N2O3/c18-14-5-1-3-12(14)16-15(19)13-4-2-8-17(13)11-6-9-20-10-7-11/h11-14,18H,1-10H2,(H,16,19)/t12-,13+,14-/m1/s1. The van der Waals surface area contributed by atoms with E-state index in [-0.39, 0.29) is 24.1 Å². The second kappa shape index (κ2) is 6.41. The highest BCUT2D eigenvalue weighted by molar-refractivity contribution is 5.82. The van der Waals surface area contributed by atoms with Crippen molar-refractivity contribution in [3.8, 4) is 0 Å². The zero-order valence-corrected chi connectivity index (χ0v) is 12.1. The zero-order chi connectivity index (χ0) is 13.9. The van der Waals surface area contributed by atoms with Gasteiger partial charge in [-0.1, -0.05) is 0 Å². The van der Waals surface area contributed by atoms with Crippen LogP contribution >= 0.6 is 0 Å². The number of rotatable bonds is 3. The van der Waals surface area contributed by atoms with Crippen molar-refractivity contribution in [3.63, 3.8) is 0 Å². The van der Waals surface area contributed by atoms with Gasteiger partial charge in [0, 0.05) is 19.3 Å². The molecular weight excluding hydrogens is 256 g/mol. The van der Waals surface area contributed by atoms with E-state index >= 15 is 0 Å². The monoisotopic (exact) mass is 282 g/mol.